The van der Waals surface area contributed by atoms with Crippen LogP contribution >= 0.6 is 0 Å². The number of benzene rings is 1. The molecule has 0 saturated heterocycles. The molecule has 0 N–H and O–H groups in total. The fraction of sp³-hybridized carbons (Fsp3) is 0.0667. The maximum absolute atomic E-state index is 11.8. The monoisotopic (exact) mass is 240 g/mol. The average Bonchev–Trinajstić information content (AvgIpc) is 2.56. The van der Waals surface area contributed by atoms with Crippen LogP contribution in [0.3, 0.4) is 0 Å². The van der Waals surface area contributed by atoms with Crippen LogP contribution in [0.5, 0.6) is 5.75 Å². The van der Waals surface area contributed by atoms with Crippen molar-refractivity contribution in [3.63, 3.8) is 0 Å². The zero-order valence-corrected chi connectivity index (χ0v) is 9.92. The number of carbonyl (C=O) groups is 1. The molecule has 0 atom stereocenters. The Hall–Kier alpha value is -2.42. The highest BCUT2D eigenvalue weighted by Gasteiger charge is 2.09. The molecule has 0 heterocycles. The number of carbonyl (C=O) groups excluding carboxylic acids is 1. The first-order valence-electron chi connectivity index (χ1n) is 5.55. The Kier molecular flexibility index (Phi) is 3.53. The predicted molar refractivity (Wildman–Crippen MR) is 68.8 cm³/mol. The number of hydrogen-bond acceptors (Lipinski definition) is 3. The van der Waals surface area contributed by atoms with E-state index in [9.17, 15) is 9.59 Å². The van der Waals surface area contributed by atoms with Crippen LogP contribution in [0, 0.1) is 6.92 Å². The van der Waals surface area contributed by atoms with Gasteiger partial charge in [0.1, 0.15) is 0 Å². The maximum atomic E-state index is 11.8. The third kappa shape index (κ3) is 2.83. The van der Waals surface area contributed by atoms with Crippen LogP contribution in [-0.2, 0) is 0 Å². The summed E-state index contributed by atoms with van der Waals surface area (Å²) in [5.41, 5.74) is 1.16. The van der Waals surface area contributed by atoms with E-state index in [0.717, 1.165) is 5.56 Å². The molecule has 0 aliphatic heterocycles. The van der Waals surface area contributed by atoms with E-state index in [1.807, 2.05) is 19.1 Å². The van der Waals surface area contributed by atoms with Crippen molar-refractivity contribution in [3.05, 3.63) is 75.9 Å². The van der Waals surface area contributed by atoms with E-state index in [1.165, 1.54) is 12.1 Å². The molecular formula is C15H12O3. The van der Waals surface area contributed by atoms with Crippen molar-refractivity contribution in [2.75, 3.05) is 0 Å². The highest BCUT2D eigenvalue weighted by atomic mass is 16.5. The number of ether oxygens (including phenoxy) is 1. The van der Waals surface area contributed by atoms with E-state index in [0.29, 0.717) is 5.56 Å². The third-order valence-corrected chi connectivity index (χ3v) is 2.45. The quantitative estimate of drug-likeness (QED) is 0.758. The van der Waals surface area contributed by atoms with Crippen molar-refractivity contribution in [2.24, 2.45) is 0 Å². The Balaban J connectivity index is 2.25. The SMILES string of the molecule is Cc1ccc(C(=O)Oc2cccccc2=O)cc1. The highest BCUT2D eigenvalue weighted by Crippen LogP contribution is 2.08. The van der Waals surface area contributed by atoms with Gasteiger partial charge < -0.3 is 4.74 Å². The summed E-state index contributed by atoms with van der Waals surface area (Å²) in [6.07, 6.45) is 0. The zero-order valence-electron chi connectivity index (χ0n) is 9.92. The molecule has 0 fully saturated rings. The lowest BCUT2D eigenvalue weighted by atomic mass is 10.1. The molecule has 18 heavy (non-hydrogen) atoms. The van der Waals surface area contributed by atoms with Gasteiger partial charge in [-0.3, -0.25) is 4.79 Å². The Morgan fingerprint density at radius 2 is 1.61 bits per heavy atom. The first kappa shape index (κ1) is 12.0. The average molecular weight is 240 g/mol. The summed E-state index contributed by atoms with van der Waals surface area (Å²) in [5.74, 6) is -0.496. The fourth-order valence-electron chi connectivity index (χ4n) is 1.45. The van der Waals surface area contributed by atoms with Crippen LogP contribution in [0.15, 0.2) is 59.4 Å². The Labute approximate surface area is 105 Å². The smallest absolute Gasteiger partial charge is 0.343 e. The Morgan fingerprint density at radius 1 is 0.944 bits per heavy atom. The van der Waals surface area contributed by atoms with Crippen LogP contribution in [0.4, 0.5) is 0 Å². The minimum absolute atomic E-state index is 0.0329. The molecule has 0 unspecified atom stereocenters. The minimum atomic E-state index is -0.529. The standard InChI is InChI=1S/C15H12O3/c1-11-7-9-12(10-8-11)15(17)18-14-6-4-2-3-5-13(14)16/h2-10H,1H3. The van der Waals surface area contributed by atoms with Gasteiger partial charge >= 0.3 is 5.97 Å². The van der Waals surface area contributed by atoms with Crippen LogP contribution in [0.25, 0.3) is 0 Å². The molecule has 0 saturated carbocycles. The van der Waals surface area contributed by atoms with Gasteiger partial charge in [-0.1, -0.05) is 35.9 Å². The highest BCUT2D eigenvalue weighted by molar-refractivity contribution is 5.91. The summed E-state index contributed by atoms with van der Waals surface area (Å²) < 4.78 is 5.08. The molecule has 2 aromatic carbocycles. The number of rotatable bonds is 2. The summed E-state index contributed by atoms with van der Waals surface area (Å²) in [6, 6.07) is 14.8. The van der Waals surface area contributed by atoms with Gasteiger partial charge in [0.25, 0.3) is 0 Å². The van der Waals surface area contributed by atoms with Gasteiger partial charge in [0.15, 0.2) is 5.75 Å². The molecule has 0 aliphatic rings. The van der Waals surface area contributed by atoms with Crippen LogP contribution in [0.1, 0.15) is 15.9 Å². The third-order valence-electron chi connectivity index (χ3n) is 2.45. The van der Waals surface area contributed by atoms with Gasteiger partial charge in [0.2, 0.25) is 5.43 Å². The first-order valence-corrected chi connectivity index (χ1v) is 5.55. The van der Waals surface area contributed by atoms with Crippen LogP contribution in [-0.4, -0.2) is 5.97 Å². The maximum Gasteiger partial charge on any atom is 0.343 e. The van der Waals surface area contributed by atoms with E-state index in [1.54, 1.807) is 30.3 Å². The number of hydrogen-bond donors (Lipinski definition) is 0. The molecule has 3 nitrogen and oxygen atoms in total. The lowest BCUT2D eigenvalue weighted by Gasteiger charge is -2.02. The van der Waals surface area contributed by atoms with Crippen molar-refractivity contribution in [1.29, 1.82) is 0 Å². The molecule has 0 aliphatic carbocycles. The van der Waals surface area contributed by atoms with Gasteiger partial charge in [-0.15, -0.1) is 0 Å². The minimum Gasteiger partial charge on any atom is -0.419 e. The van der Waals surface area contributed by atoms with Crippen molar-refractivity contribution in [2.45, 2.75) is 6.92 Å². The summed E-state index contributed by atoms with van der Waals surface area (Å²) in [5, 5.41) is 0. The van der Waals surface area contributed by atoms with Crippen LogP contribution < -0.4 is 10.2 Å². The van der Waals surface area contributed by atoms with Crippen molar-refractivity contribution >= 4 is 5.97 Å². The largest absolute Gasteiger partial charge is 0.419 e. The Bertz CT molecular complexity index is 615. The van der Waals surface area contributed by atoms with E-state index in [2.05, 4.69) is 0 Å². The topological polar surface area (TPSA) is 43.4 Å². The van der Waals surface area contributed by atoms with Crippen molar-refractivity contribution in [3.8, 4) is 5.75 Å². The molecule has 0 amide bonds. The summed E-state index contributed by atoms with van der Waals surface area (Å²) >= 11 is 0. The second kappa shape index (κ2) is 5.27. The zero-order chi connectivity index (χ0) is 13.0. The molecule has 2 aromatic rings. The second-order valence-corrected chi connectivity index (χ2v) is 3.89. The lowest BCUT2D eigenvalue weighted by molar-refractivity contribution is 0.0733. The molecule has 0 spiro atoms. The summed E-state index contributed by atoms with van der Waals surface area (Å²) in [6.45, 7) is 1.93. The van der Waals surface area contributed by atoms with E-state index in [4.69, 9.17) is 4.74 Å². The van der Waals surface area contributed by atoms with E-state index in [-0.39, 0.29) is 11.2 Å². The molecule has 3 heteroatoms. The molecule has 0 radical (unpaired) electrons. The number of aryl methyl sites for hydroxylation is 1. The van der Waals surface area contributed by atoms with Gasteiger partial charge in [-0.25, -0.2) is 4.79 Å². The van der Waals surface area contributed by atoms with Crippen molar-refractivity contribution < 1.29 is 9.53 Å². The van der Waals surface area contributed by atoms with E-state index >= 15 is 0 Å². The Morgan fingerprint density at radius 3 is 2.33 bits per heavy atom. The second-order valence-electron chi connectivity index (χ2n) is 3.89. The van der Waals surface area contributed by atoms with Gasteiger partial charge in [0, 0.05) is 0 Å². The van der Waals surface area contributed by atoms with Crippen molar-refractivity contribution in [1.82, 2.24) is 0 Å². The van der Waals surface area contributed by atoms with Gasteiger partial charge in [0.05, 0.1) is 5.56 Å². The molecule has 0 bridgehead atoms. The lowest BCUT2D eigenvalue weighted by Crippen LogP contribution is -2.13. The normalized spacial score (nSPS) is 9.83. The summed E-state index contributed by atoms with van der Waals surface area (Å²) in [4.78, 5) is 23.4. The fourth-order valence-corrected chi connectivity index (χ4v) is 1.45. The van der Waals surface area contributed by atoms with Gasteiger partial charge in [-0.2, -0.15) is 0 Å². The molecule has 2 rings (SSSR count). The predicted octanol–water partition coefficient (Wildman–Crippen LogP) is 2.57. The molecular weight excluding hydrogens is 228 g/mol. The molecule has 90 valence electrons. The van der Waals surface area contributed by atoms with Crippen LogP contribution in [0.2, 0.25) is 0 Å². The van der Waals surface area contributed by atoms with E-state index < -0.39 is 5.97 Å². The number of esters is 1. The summed E-state index contributed by atoms with van der Waals surface area (Å²) in [7, 11) is 0. The van der Waals surface area contributed by atoms with Gasteiger partial charge in [-0.05, 0) is 31.2 Å². The molecule has 0 aromatic heterocycles. The first-order chi connectivity index (χ1) is 8.66.